The van der Waals surface area contributed by atoms with Crippen molar-refractivity contribution in [2.75, 3.05) is 102 Å². The van der Waals surface area contributed by atoms with Crippen molar-refractivity contribution in [3.05, 3.63) is 0 Å². The van der Waals surface area contributed by atoms with Gasteiger partial charge in [0.2, 0.25) is 11.8 Å². The molecule has 3 saturated heterocycles. The Labute approximate surface area is 175 Å². The number of hydrogen-bond donors (Lipinski definition) is 0. The molecule has 2 amide bonds. The van der Waals surface area contributed by atoms with E-state index in [1.165, 1.54) is 0 Å². The lowest BCUT2D eigenvalue weighted by molar-refractivity contribution is -0.140. The van der Waals surface area contributed by atoms with Crippen molar-refractivity contribution in [3.63, 3.8) is 0 Å². The van der Waals surface area contributed by atoms with E-state index in [4.69, 9.17) is 18.9 Å². The molecule has 0 radical (unpaired) electrons. The van der Waals surface area contributed by atoms with Gasteiger partial charge in [0.1, 0.15) is 13.2 Å². The molecular weight excluding hydrogens is 404 g/mol. The topological polar surface area (TPSA) is 77.5 Å². The lowest BCUT2D eigenvalue weighted by Gasteiger charge is -2.24. The van der Waals surface area contributed by atoms with Crippen molar-refractivity contribution in [1.29, 1.82) is 0 Å². The average molecular weight is 437 g/mol. The van der Waals surface area contributed by atoms with E-state index in [1.807, 2.05) is 23.5 Å². The molecule has 3 fully saturated rings. The first kappa shape index (κ1) is 23.8. The summed E-state index contributed by atoms with van der Waals surface area (Å²) < 4.78 is 22.1. The summed E-state index contributed by atoms with van der Waals surface area (Å²) in [5.74, 6) is 3.75. The summed E-state index contributed by atoms with van der Waals surface area (Å²) in [4.78, 5) is 28.5. The Morgan fingerprint density at radius 1 is 0.536 bits per heavy atom. The molecule has 162 valence electrons. The van der Waals surface area contributed by atoms with Crippen molar-refractivity contribution in [1.82, 2.24) is 9.80 Å². The maximum atomic E-state index is 12.4. The van der Waals surface area contributed by atoms with Crippen molar-refractivity contribution in [2.45, 2.75) is 0 Å². The molecule has 0 aromatic rings. The Bertz CT molecular complexity index is 398. The summed E-state index contributed by atoms with van der Waals surface area (Å²) in [6.45, 7) is 5.00. The fourth-order valence-electron chi connectivity index (χ4n) is 2.68. The summed E-state index contributed by atoms with van der Waals surface area (Å²) in [5, 5.41) is 0. The molecular formula is C18H32N2O6S2. The minimum atomic E-state index is -0.0423. The highest BCUT2D eigenvalue weighted by molar-refractivity contribution is 8.02. The summed E-state index contributed by atoms with van der Waals surface area (Å²) in [6.07, 6.45) is 0. The standard InChI is InChI=1S/C18H32N2O6S2/c21-17-15-25-9-10-26-16-18(22)20-2-6-24-8-7-23-5-1-19(17)3-11-27-13-14-28-12-4-20/h1-16H2. The molecule has 28 heavy (non-hydrogen) atoms. The number of rotatable bonds is 0. The van der Waals surface area contributed by atoms with Crippen LogP contribution in [0, 0.1) is 0 Å². The summed E-state index contributed by atoms with van der Waals surface area (Å²) >= 11 is 3.69. The first-order valence-electron chi connectivity index (χ1n) is 9.79. The van der Waals surface area contributed by atoms with Crippen LogP contribution in [0.5, 0.6) is 0 Å². The number of carbonyl (C=O) groups excluding carboxylic acids is 2. The fourth-order valence-corrected chi connectivity index (χ4v) is 4.73. The maximum Gasteiger partial charge on any atom is 0.248 e. The molecule has 0 aromatic heterocycles. The predicted octanol–water partition coefficient (Wildman–Crippen LogP) is 0.204. The SMILES string of the molecule is O=C1COCCOCC(=O)N2CCOCCOCCN1CCSCCSCC2. The van der Waals surface area contributed by atoms with E-state index in [0.717, 1.165) is 23.0 Å². The van der Waals surface area contributed by atoms with Crippen LogP contribution < -0.4 is 0 Å². The number of hydrogen-bond acceptors (Lipinski definition) is 8. The van der Waals surface area contributed by atoms with Crippen molar-refractivity contribution in [3.8, 4) is 0 Å². The second kappa shape index (κ2) is 15.3. The van der Waals surface area contributed by atoms with Crippen LogP contribution in [0.25, 0.3) is 0 Å². The third-order valence-electron chi connectivity index (χ3n) is 4.29. The van der Waals surface area contributed by atoms with Crippen LogP contribution in [0.2, 0.25) is 0 Å². The van der Waals surface area contributed by atoms with Crippen molar-refractivity contribution < 1.29 is 28.5 Å². The van der Waals surface area contributed by atoms with Gasteiger partial charge >= 0.3 is 0 Å². The third kappa shape index (κ3) is 10.3. The van der Waals surface area contributed by atoms with Gasteiger partial charge in [-0.05, 0) is 0 Å². The lowest BCUT2D eigenvalue weighted by atomic mass is 10.4. The quantitative estimate of drug-likeness (QED) is 0.533. The molecule has 2 bridgehead atoms. The molecule has 8 nitrogen and oxygen atoms in total. The second-order valence-electron chi connectivity index (χ2n) is 6.32. The third-order valence-corrected chi connectivity index (χ3v) is 6.48. The molecule has 3 aliphatic rings. The van der Waals surface area contributed by atoms with Crippen LogP contribution in [0.4, 0.5) is 0 Å². The molecule has 0 aromatic carbocycles. The Hall–Kier alpha value is -0.520. The first-order valence-corrected chi connectivity index (χ1v) is 12.1. The minimum Gasteiger partial charge on any atom is -0.377 e. The van der Waals surface area contributed by atoms with Crippen LogP contribution in [-0.2, 0) is 28.5 Å². The minimum absolute atomic E-state index is 0.0209. The molecule has 0 aliphatic carbocycles. The zero-order chi connectivity index (χ0) is 19.9. The van der Waals surface area contributed by atoms with Gasteiger partial charge in [-0.25, -0.2) is 0 Å². The van der Waals surface area contributed by atoms with E-state index in [-0.39, 0.29) is 38.2 Å². The molecule has 10 heteroatoms. The van der Waals surface area contributed by atoms with E-state index in [1.54, 1.807) is 9.80 Å². The average Bonchev–Trinajstić information content (AvgIpc) is 2.69. The van der Waals surface area contributed by atoms with Crippen LogP contribution in [0.3, 0.4) is 0 Å². The van der Waals surface area contributed by atoms with Gasteiger partial charge in [0.25, 0.3) is 0 Å². The number of carbonyl (C=O) groups is 2. The van der Waals surface area contributed by atoms with E-state index in [9.17, 15) is 9.59 Å². The zero-order valence-corrected chi connectivity index (χ0v) is 18.1. The Balaban J connectivity index is 1.99. The number of fused-ring (bicyclic) bond motifs is 21. The van der Waals surface area contributed by atoms with Gasteiger partial charge in [0.05, 0.1) is 39.6 Å². The Kier molecular flexibility index (Phi) is 13.0. The van der Waals surface area contributed by atoms with E-state index in [2.05, 4.69) is 0 Å². The zero-order valence-electron chi connectivity index (χ0n) is 16.5. The van der Waals surface area contributed by atoms with Gasteiger partial charge in [0.15, 0.2) is 0 Å². The van der Waals surface area contributed by atoms with Crippen molar-refractivity contribution in [2.24, 2.45) is 0 Å². The number of nitrogens with zero attached hydrogens (tertiary/aromatic N) is 2. The van der Waals surface area contributed by atoms with Crippen LogP contribution >= 0.6 is 23.5 Å². The van der Waals surface area contributed by atoms with Gasteiger partial charge in [-0.1, -0.05) is 0 Å². The highest BCUT2D eigenvalue weighted by Gasteiger charge is 2.16. The molecule has 0 spiro atoms. The number of ether oxygens (including phenoxy) is 4. The van der Waals surface area contributed by atoms with Gasteiger partial charge in [-0.3, -0.25) is 9.59 Å². The van der Waals surface area contributed by atoms with Crippen LogP contribution in [0.15, 0.2) is 0 Å². The van der Waals surface area contributed by atoms with Gasteiger partial charge in [-0.2, -0.15) is 23.5 Å². The molecule has 3 heterocycles. The summed E-state index contributed by atoms with van der Waals surface area (Å²) in [7, 11) is 0. The normalized spacial score (nSPS) is 24.1. The maximum absolute atomic E-state index is 12.4. The highest BCUT2D eigenvalue weighted by atomic mass is 32.2. The second-order valence-corrected chi connectivity index (χ2v) is 8.77. The monoisotopic (exact) mass is 436 g/mol. The lowest BCUT2D eigenvalue weighted by Crippen LogP contribution is -2.39. The number of thioether (sulfide) groups is 2. The molecule has 0 unspecified atom stereocenters. The number of amides is 2. The highest BCUT2D eigenvalue weighted by Crippen LogP contribution is 2.09. The van der Waals surface area contributed by atoms with Gasteiger partial charge in [0, 0.05) is 49.2 Å². The molecule has 0 saturated carbocycles. The largest absolute Gasteiger partial charge is 0.377 e. The van der Waals surface area contributed by atoms with E-state index in [0.29, 0.717) is 52.6 Å². The Morgan fingerprint density at radius 2 is 0.964 bits per heavy atom. The van der Waals surface area contributed by atoms with Crippen LogP contribution in [0.1, 0.15) is 0 Å². The Morgan fingerprint density at radius 3 is 1.43 bits per heavy atom. The first-order chi connectivity index (χ1) is 13.8. The molecule has 3 rings (SSSR count). The van der Waals surface area contributed by atoms with E-state index >= 15 is 0 Å². The predicted molar refractivity (Wildman–Crippen MR) is 111 cm³/mol. The smallest absolute Gasteiger partial charge is 0.248 e. The van der Waals surface area contributed by atoms with Crippen molar-refractivity contribution >= 4 is 35.3 Å². The molecule has 0 N–H and O–H groups in total. The summed E-state index contributed by atoms with van der Waals surface area (Å²) in [6, 6.07) is 0. The van der Waals surface area contributed by atoms with E-state index < -0.39 is 0 Å². The summed E-state index contributed by atoms with van der Waals surface area (Å²) in [5.41, 5.74) is 0. The fraction of sp³-hybridized carbons (Fsp3) is 0.889. The van der Waals surface area contributed by atoms with Gasteiger partial charge < -0.3 is 28.7 Å². The molecule has 3 aliphatic heterocycles. The van der Waals surface area contributed by atoms with Crippen LogP contribution in [-0.4, -0.2) is 124 Å². The van der Waals surface area contributed by atoms with Gasteiger partial charge in [-0.15, -0.1) is 0 Å². The molecule has 0 atom stereocenters.